The van der Waals surface area contributed by atoms with Gasteiger partial charge in [-0.1, -0.05) is 0 Å². The molecule has 2 aromatic heterocycles. The van der Waals surface area contributed by atoms with E-state index in [-0.39, 0.29) is 24.6 Å². The fourth-order valence-corrected chi connectivity index (χ4v) is 4.27. The topological polar surface area (TPSA) is 89.4 Å². The number of aromatic amines is 1. The first kappa shape index (κ1) is 19.2. The van der Waals surface area contributed by atoms with E-state index in [0.29, 0.717) is 22.5 Å². The zero-order valence-electron chi connectivity index (χ0n) is 16.8. The van der Waals surface area contributed by atoms with Crippen LogP contribution in [0.25, 0.3) is 11.0 Å². The maximum atomic E-state index is 12.5. The van der Waals surface area contributed by atoms with Gasteiger partial charge >= 0.3 is 5.97 Å². The van der Waals surface area contributed by atoms with E-state index in [0.717, 1.165) is 35.8 Å². The predicted octanol–water partition coefficient (Wildman–Crippen LogP) is 4.04. The standard InChI is InChI=1S/C23H23NO5/c1-12-22(14(3)25)13(2)24-23(12)19(26)11-29-21(27)9-17-10-28-20-8-16-6-4-5-15(16)7-18(17)20/h7-8,10,24H,4-6,9,11H2,1-3H3. The number of furan rings is 1. The van der Waals surface area contributed by atoms with Crippen LogP contribution >= 0.6 is 0 Å². The molecule has 0 amide bonds. The van der Waals surface area contributed by atoms with Crippen molar-refractivity contribution in [1.82, 2.24) is 4.98 Å². The maximum Gasteiger partial charge on any atom is 0.310 e. The number of rotatable bonds is 6. The molecule has 0 bridgehead atoms. The number of benzene rings is 1. The largest absolute Gasteiger partial charge is 0.464 e. The van der Waals surface area contributed by atoms with E-state index in [1.807, 2.05) is 0 Å². The summed E-state index contributed by atoms with van der Waals surface area (Å²) in [4.78, 5) is 39.4. The number of Topliss-reactive ketones (excluding diaryl/α,β-unsaturated/α-hetero) is 2. The molecule has 2 heterocycles. The molecule has 29 heavy (non-hydrogen) atoms. The Labute approximate surface area is 168 Å². The normalized spacial score (nSPS) is 12.9. The predicted molar refractivity (Wildman–Crippen MR) is 108 cm³/mol. The minimum absolute atomic E-state index is 0.0422. The van der Waals surface area contributed by atoms with Gasteiger partial charge in [0.05, 0.1) is 18.4 Å². The zero-order valence-corrected chi connectivity index (χ0v) is 16.8. The molecule has 1 aliphatic rings. The van der Waals surface area contributed by atoms with Crippen molar-refractivity contribution < 1.29 is 23.5 Å². The summed E-state index contributed by atoms with van der Waals surface area (Å²) >= 11 is 0. The van der Waals surface area contributed by atoms with Crippen molar-refractivity contribution in [3.63, 3.8) is 0 Å². The second-order valence-electron chi connectivity index (χ2n) is 7.67. The second-order valence-corrected chi connectivity index (χ2v) is 7.67. The lowest BCUT2D eigenvalue weighted by Crippen LogP contribution is -2.16. The molecule has 150 valence electrons. The number of ketones is 2. The number of carbonyl (C=O) groups excluding carboxylic acids is 3. The van der Waals surface area contributed by atoms with Crippen LogP contribution in [0.5, 0.6) is 0 Å². The molecule has 6 nitrogen and oxygen atoms in total. The molecule has 0 spiro atoms. The third-order valence-electron chi connectivity index (χ3n) is 5.64. The number of ether oxygens (including phenoxy) is 1. The summed E-state index contributed by atoms with van der Waals surface area (Å²) < 4.78 is 10.8. The van der Waals surface area contributed by atoms with Crippen LogP contribution < -0.4 is 0 Å². The quantitative estimate of drug-likeness (QED) is 0.504. The number of nitrogens with one attached hydrogen (secondary N) is 1. The number of aryl methyl sites for hydroxylation is 3. The molecule has 1 N–H and O–H groups in total. The molecule has 0 fully saturated rings. The van der Waals surface area contributed by atoms with Gasteiger partial charge in [0, 0.05) is 22.2 Å². The molecule has 0 atom stereocenters. The molecule has 3 aromatic rings. The van der Waals surface area contributed by atoms with Crippen LogP contribution in [0, 0.1) is 13.8 Å². The van der Waals surface area contributed by atoms with Crippen molar-refractivity contribution in [2.24, 2.45) is 0 Å². The molecule has 0 aliphatic heterocycles. The fraction of sp³-hybridized carbons (Fsp3) is 0.348. The molecule has 0 radical (unpaired) electrons. The lowest BCUT2D eigenvalue weighted by atomic mass is 10.0. The van der Waals surface area contributed by atoms with Crippen LogP contribution in [0.15, 0.2) is 22.8 Å². The van der Waals surface area contributed by atoms with Crippen LogP contribution in [0.2, 0.25) is 0 Å². The molecule has 0 saturated carbocycles. The van der Waals surface area contributed by atoms with E-state index < -0.39 is 5.97 Å². The van der Waals surface area contributed by atoms with Gasteiger partial charge in [0.2, 0.25) is 5.78 Å². The SMILES string of the molecule is CC(=O)c1c(C)[nH]c(C(=O)COC(=O)Cc2coc3cc4c(cc23)CCC4)c1C. The second kappa shape index (κ2) is 7.35. The Kier molecular flexibility index (Phi) is 4.86. The van der Waals surface area contributed by atoms with E-state index in [4.69, 9.17) is 9.15 Å². The molecule has 6 heteroatoms. The highest BCUT2D eigenvalue weighted by molar-refractivity contribution is 6.04. The summed E-state index contributed by atoms with van der Waals surface area (Å²) in [5.74, 6) is -0.957. The maximum absolute atomic E-state index is 12.5. The summed E-state index contributed by atoms with van der Waals surface area (Å²) in [6.45, 7) is 4.54. The number of esters is 1. The van der Waals surface area contributed by atoms with Crippen LogP contribution in [0.3, 0.4) is 0 Å². The molecular weight excluding hydrogens is 370 g/mol. The van der Waals surface area contributed by atoms with Gasteiger partial charge in [-0.25, -0.2) is 0 Å². The lowest BCUT2D eigenvalue weighted by Gasteiger charge is -2.04. The third-order valence-corrected chi connectivity index (χ3v) is 5.64. The molecule has 1 aromatic carbocycles. The lowest BCUT2D eigenvalue weighted by molar-refractivity contribution is -0.141. The van der Waals surface area contributed by atoms with Crippen molar-refractivity contribution in [2.45, 2.75) is 46.5 Å². The molecule has 0 unspecified atom stereocenters. The summed E-state index contributed by atoms with van der Waals surface area (Å²) in [5.41, 5.74) is 6.21. The highest BCUT2D eigenvalue weighted by Crippen LogP contribution is 2.30. The average Bonchev–Trinajstić information content (AvgIpc) is 3.35. The van der Waals surface area contributed by atoms with Gasteiger partial charge in [0.15, 0.2) is 12.4 Å². The summed E-state index contributed by atoms with van der Waals surface area (Å²) in [5, 5.41) is 0.927. The Hall–Kier alpha value is -3.15. The number of hydrogen-bond acceptors (Lipinski definition) is 5. The van der Waals surface area contributed by atoms with Crippen LogP contribution in [-0.2, 0) is 28.8 Å². The number of H-pyrrole nitrogens is 1. The Morgan fingerprint density at radius 3 is 2.55 bits per heavy atom. The van der Waals surface area contributed by atoms with E-state index >= 15 is 0 Å². The summed E-state index contributed by atoms with van der Waals surface area (Å²) in [7, 11) is 0. The first-order valence-corrected chi connectivity index (χ1v) is 9.76. The van der Waals surface area contributed by atoms with E-state index in [1.54, 1.807) is 20.1 Å². The number of hydrogen-bond donors (Lipinski definition) is 1. The molecule has 4 rings (SSSR count). The van der Waals surface area contributed by atoms with Crippen LogP contribution in [0.4, 0.5) is 0 Å². The summed E-state index contributed by atoms with van der Waals surface area (Å²) in [6.07, 6.45) is 4.88. The zero-order chi connectivity index (χ0) is 20.7. The molecule has 0 saturated heterocycles. The number of carbonyl (C=O) groups is 3. The van der Waals surface area contributed by atoms with Crippen LogP contribution in [-0.4, -0.2) is 29.1 Å². The molecular formula is C23H23NO5. The van der Waals surface area contributed by atoms with Crippen molar-refractivity contribution in [3.05, 3.63) is 57.6 Å². The minimum atomic E-state index is -0.491. The monoisotopic (exact) mass is 393 g/mol. The van der Waals surface area contributed by atoms with Gasteiger partial charge in [-0.15, -0.1) is 0 Å². The molecule has 1 aliphatic carbocycles. The fourth-order valence-electron chi connectivity index (χ4n) is 4.27. The Morgan fingerprint density at radius 2 is 1.86 bits per heavy atom. The number of fused-ring (bicyclic) bond motifs is 2. The van der Waals surface area contributed by atoms with Gasteiger partial charge in [0.25, 0.3) is 0 Å². The van der Waals surface area contributed by atoms with Crippen molar-refractivity contribution >= 4 is 28.5 Å². The summed E-state index contributed by atoms with van der Waals surface area (Å²) in [6, 6.07) is 4.16. The number of aromatic nitrogens is 1. The third kappa shape index (κ3) is 3.50. The van der Waals surface area contributed by atoms with E-state index in [2.05, 4.69) is 17.1 Å². The highest BCUT2D eigenvalue weighted by Gasteiger charge is 2.21. The minimum Gasteiger partial charge on any atom is -0.464 e. The average molecular weight is 393 g/mol. The first-order chi connectivity index (χ1) is 13.8. The van der Waals surface area contributed by atoms with E-state index in [9.17, 15) is 14.4 Å². The first-order valence-electron chi connectivity index (χ1n) is 9.76. The van der Waals surface area contributed by atoms with Crippen molar-refractivity contribution in [3.8, 4) is 0 Å². The van der Waals surface area contributed by atoms with E-state index in [1.165, 1.54) is 18.1 Å². The van der Waals surface area contributed by atoms with Gasteiger partial charge in [-0.2, -0.15) is 0 Å². The Morgan fingerprint density at radius 1 is 1.14 bits per heavy atom. The Bertz CT molecular complexity index is 1150. The van der Waals surface area contributed by atoms with Gasteiger partial charge < -0.3 is 14.1 Å². The van der Waals surface area contributed by atoms with Crippen molar-refractivity contribution in [1.29, 1.82) is 0 Å². The van der Waals surface area contributed by atoms with Crippen LogP contribution in [0.1, 0.15) is 62.1 Å². The van der Waals surface area contributed by atoms with Gasteiger partial charge in [0.1, 0.15) is 5.58 Å². The smallest absolute Gasteiger partial charge is 0.310 e. The highest BCUT2D eigenvalue weighted by atomic mass is 16.5. The van der Waals surface area contributed by atoms with Gasteiger partial charge in [-0.05, 0) is 68.9 Å². The van der Waals surface area contributed by atoms with Crippen molar-refractivity contribution in [2.75, 3.05) is 6.61 Å². The van der Waals surface area contributed by atoms with Gasteiger partial charge in [-0.3, -0.25) is 14.4 Å². The Balaban J connectivity index is 1.43.